The molecule has 1 aliphatic heterocycles. The van der Waals surface area contributed by atoms with E-state index < -0.39 is 15.1 Å². The van der Waals surface area contributed by atoms with Crippen LogP contribution < -0.4 is 0 Å². The average Bonchev–Trinajstić information content (AvgIpc) is 3.03. The summed E-state index contributed by atoms with van der Waals surface area (Å²) in [7, 11) is -3.21. The molecule has 2 heterocycles. The van der Waals surface area contributed by atoms with Crippen LogP contribution in [0.3, 0.4) is 0 Å². The van der Waals surface area contributed by atoms with Gasteiger partial charge in [0.25, 0.3) is 5.91 Å². The summed E-state index contributed by atoms with van der Waals surface area (Å²) < 4.78 is 24.7. The molecule has 7 heteroatoms. The molecule has 1 saturated heterocycles. The number of carbonyl (C=O) groups is 1. The van der Waals surface area contributed by atoms with E-state index in [1.54, 1.807) is 23.1 Å². The first-order chi connectivity index (χ1) is 10.9. The highest BCUT2D eigenvalue weighted by atomic mass is 35.5. The van der Waals surface area contributed by atoms with Crippen molar-refractivity contribution in [3.63, 3.8) is 0 Å². The van der Waals surface area contributed by atoms with E-state index in [-0.39, 0.29) is 24.7 Å². The van der Waals surface area contributed by atoms with Crippen molar-refractivity contribution >= 4 is 38.7 Å². The van der Waals surface area contributed by atoms with Crippen molar-refractivity contribution in [2.45, 2.75) is 12.2 Å². The minimum Gasteiger partial charge on any atom is -0.336 e. The topological polar surface area (TPSA) is 54.5 Å². The zero-order chi connectivity index (χ0) is 16.6. The lowest BCUT2D eigenvalue weighted by Gasteiger charge is -2.32. The first-order valence-corrected chi connectivity index (χ1v) is 10.2. The highest BCUT2D eigenvalue weighted by Gasteiger charge is 2.36. The van der Waals surface area contributed by atoms with Crippen molar-refractivity contribution in [3.8, 4) is 0 Å². The third-order valence-corrected chi connectivity index (χ3v) is 7.60. The van der Waals surface area contributed by atoms with E-state index >= 15 is 0 Å². The molecule has 0 radical (unpaired) electrons. The molecule has 0 bridgehead atoms. The molecule has 1 fully saturated rings. The molecule has 0 unspecified atom stereocenters. The van der Waals surface area contributed by atoms with E-state index in [1.165, 1.54) is 11.3 Å². The standard InChI is InChI=1S/C16H16ClNO3S2/c1-11-9-12(4-5-13(11)17)16(19)18-6-8-23(20,21)15(10-18)14-3-2-7-22-14/h2-5,7,9,15H,6,8,10H2,1H3/t15-/m0/s1. The molecule has 4 nitrogen and oxygen atoms in total. The monoisotopic (exact) mass is 369 g/mol. The number of aryl methyl sites for hydroxylation is 1. The van der Waals surface area contributed by atoms with Gasteiger partial charge in [0.1, 0.15) is 5.25 Å². The van der Waals surface area contributed by atoms with E-state index in [1.807, 2.05) is 24.4 Å². The van der Waals surface area contributed by atoms with Gasteiger partial charge < -0.3 is 4.90 Å². The minimum absolute atomic E-state index is 0.00607. The normalized spacial score (nSPS) is 20.4. The molecule has 1 aromatic carbocycles. The van der Waals surface area contributed by atoms with Crippen LogP contribution in [0.4, 0.5) is 0 Å². The van der Waals surface area contributed by atoms with Gasteiger partial charge in [0.2, 0.25) is 0 Å². The number of amides is 1. The van der Waals surface area contributed by atoms with Crippen molar-refractivity contribution in [2.24, 2.45) is 0 Å². The highest BCUT2D eigenvalue weighted by Crippen LogP contribution is 2.31. The maximum Gasteiger partial charge on any atom is 0.253 e. The Hall–Kier alpha value is -1.37. The van der Waals surface area contributed by atoms with E-state index in [2.05, 4.69) is 0 Å². The van der Waals surface area contributed by atoms with Crippen LogP contribution in [0.25, 0.3) is 0 Å². The van der Waals surface area contributed by atoms with E-state index in [9.17, 15) is 13.2 Å². The van der Waals surface area contributed by atoms with Crippen molar-refractivity contribution in [3.05, 3.63) is 56.7 Å². The van der Waals surface area contributed by atoms with Gasteiger partial charge in [-0.05, 0) is 42.1 Å². The van der Waals surface area contributed by atoms with Gasteiger partial charge >= 0.3 is 0 Å². The number of benzene rings is 1. The fourth-order valence-electron chi connectivity index (χ4n) is 2.67. The predicted molar refractivity (Wildman–Crippen MR) is 92.9 cm³/mol. The van der Waals surface area contributed by atoms with Crippen molar-refractivity contribution in [2.75, 3.05) is 18.8 Å². The van der Waals surface area contributed by atoms with Crippen LogP contribution >= 0.6 is 22.9 Å². The first kappa shape index (κ1) is 16.5. The Balaban J connectivity index is 1.86. The Bertz CT molecular complexity index is 831. The summed E-state index contributed by atoms with van der Waals surface area (Å²) in [6.07, 6.45) is 0. The Kier molecular flexibility index (Phi) is 4.49. The number of sulfone groups is 1. The second-order valence-electron chi connectivity index (χ2n) is 5.59. The third-order valence-electron chi connectivity index (χ3n) is 4.02. The van der Waals surface area contributed by atoms with Crippen LogP contribution in [0.2, 0.25) is 5.02 Å². The molecule has 0 aliphatic carbocycles. The molecule has 23 heavy (non-hydrogen) atoms. The highest BCUT2D eigenvalue weighted by molar-refractivity contribution is 7.91. The summed E-state index contributed by atoms with van der Waals surface area (Å²) in [4.78, 5) is 15.1. The fraction of sp³-hybridized carbons (Fsp3) is 0.312. The van der Waals surface area contributed by atoms with Crippen molar-refractivity contribution < 1.29 is 13.2 Å². The van der Waals surface area contributed by atoms with Crippen LogP contribution in [0.5, 0.6) is 0 Å². The van der Waals surface area contributed by atoms with Crippen LogP contribution in [0.15, 0.2) is 35.7 Å². The molecular weight excluding hydrogens is 354 g/mol. The summed E-state index contributed by atoms with van der Waals surface area (Å²) in [5.74, 6) is -0.158. The molecular formula is C16H16ClNO3S2. The van der Waals surface area contributed by atoms with E-state index in [4.69, 9.17) is 11.6 Å². The van der Waals surface area contributed by atoms with Gasteiger partial charge in [-0.15, -0.1) is 11.3 Å². The van der Waals surface area contributed by atoms with Gasteiger partial charge in [0, 0.05) is 28.6 Å². The lowest BCUT2D eigenvalue weighted by atomic mass is 10.1. The summed E-state index contributed by atoms with van der Waals surface area (Å²) in [5, 5.41) is 1.83. The zero-order valence-electron chi connectivity index (χ0n) is 12.5. The van der Waals surface area contributed by atoms with Gasteiger partial charge in [-0.1, -0.05) is 17.7 Å². The number of carbonyl (C=O) groups excluding carboxylic acids is 1. The van der Waals surface area contributed by atoms with Gasteiger partial charge in [-0.3, -0.25) is 4.79 Å². The number of thiophene rings is 1. The maximum absolute atomic E-state index is 12.7. The number of rotatable bonds is 2. The lowest BCUT2D eigenvalue weighted by molar-refractivity contribution is 0.0758. The molecule has 1 atom stereocenters. The second-order valence-corrected chi connectivity index (χ2v) is 9.28. The molecule has 122 valence electrons. The Labute approximate surface area is 144 Å². The molecule has 0 saturated carbocycles. The van der Waals surface area contributed by atoms with Crippen LogP contribution in [0, 0.1) is 6.92 Å². The van der Waals surface area contributed by atoms with Crippen molar-refractivity contribution in [1.29, 1.82) is 0 Å². The summed E-state index contributed by atoms with van der Waals surface area (Å²) in [6.45, 7) is 2.27. The molecule has 3 rings (SSSR count). The molecule has 1 aliphatic rings. The second kappa shape index (κ2) is 6.26. The molecule has 0 spiro atoms. The largest absolute Gasteiger partial charge is 0.336 e. The van der Waals surface area contributed by atoms with E-state index in [0.29, 0.717) is 10.6 Å². The average molecular weight is 370 g/mol. The molecule has 0 N–H and O–H groups in total. The van der Waals surface area contributed by atoms with Crippen LogP contribution in [0.1, 0.15) is 26.0 Å². The van der Waals surface area contributed by atoms with Gasteiger partial charge in [-0.25, -0.2) is 8.42 Å². The van der Waals surface area contributed by atoms with Crippen LogP contribution in [-0.2, 0) is 9.84 Å². The Morgan fingerprint density at radius 3 is 2.78 bits per heavy atom. The summed E-state index contributed by atoms with van der Waals surface area (Å²) in [5.41, 5.74) is 1.37. The quantitative estimate of drug-likeness (QED) is 0.815. The summed E-state index contributed by atoms with van der Waals surface area (Å²) >= 11 is 7.41. The number of hydrogen-bond donors (Lipinski definition) is 0. The number of nitrogens with zero attached hydrogens (tertiary/aromatic N) is 1. The first-order valence-electron chi connectivity index (χ1n) is 7.19. The Morgan fingerprint density at radius 2 is 2.13 bits per heavy atom. The van der Waals surface area contributed by atoms with Crippen molar-refractivity contribution in [1.82, 2.24) is 4.90 Å². The van der Waals surface area contributed by atoms with Gasteiger partial charge in [0.15, 0.2) is 9.84 Å². The predicted octanol–water partition coefficient (Wildman–Crippen LogP) is 3.32. The van der Waals surface area contributed by atoms with Gasteiger partial charge in [-0.2, -0.15) is 0 Å². The lowest BCUT2D eigenvalue weighted by Crippen LogP contribution is -2.45. The number of hydrogen-bond acceptors (Lipinski definition) is 4. The smallest absolute Gasteiger partial charge is 0.253 e. The maximum atomic E-state index is 12.7. The molecule has 1 amide bonds. The molecule has 1 aromatic heterocycles. The minimum atomic E-state index is -3.21. The Morgan fingerprint density at radius 1 is 1.35 bits per heavy atom. The molecule has 2 aromatic rings. The van der Waals surface area contributed by atoms with Gasteiger partial charge in [0.05, 0.1) is 5.75 Å². The summed E-state index contributed by atoms with van der Waals surface area (Å²) in [6, 6.07) is 8.77. The number of halogens is 1. The third kappa shape index (κ3) is 3.29. The fourth-order valence-corrected chi connectivity index (χ4v) is 5.69. The zero-order valence-corrected chi connectivity index (χ0v) is 14.9. The SMILES string of the molecule is Cc1cc(C(=O)N2CCS(=O)(=O)[C@H](c3cccs3)C2)ccc1Cl. The van der Waals surface area contributed by atoms with Crippen LogP contribution in [-0.4, -0.2) is 38.1 Å². The van der Waals surface area contributed by atoms with E-state index in [0.717, 1.165) is 10.4 Å².